The minimum absolute atomic E-state index is 0.173. The summed E-state index contributed by atoms with van der Waals surface area (Å²) in [6.07, 6.45) is 3.31. The van der Waals surface area contributed by atoms with E-state index in [0.717, 1.165) is 17.8 Å². The van der Waals surface area contributed by atoms with Gasteiger partial charge in [-0.25, -0.2) is 23.2 Å². The fourth-order valence-electron chi connectivity index (χ4n) is 4.21. The highest BCUT2D eigenvalue weighted by Crippen LogP contribution is 2.52. The first-order valence-electron chi connectivity index (χ1n) is 11.4. The van der Waals surface area contributed by atoms with Gasteiger partial charge in [-0.05, 0) is 50.5 Å². The zero-order valence-electron chi connectivity index (χ0n) is 19.3. The Kier molecular flexibility index (Phi) is 6.58. The summed E-state index contributed by atoms with van der Waals surface area (Å²) >= 11 is 0. The van der Waals surface area contributed by atoms with Crippen LogP contribution in [0.4, 0.5) is 16.3 Å². The minimum Gasteiger partial charge on any atom is -0.377 e. The first-order chi connectivity index (χ1) is 15.8. The van der Waals surface area contributed by atoms with Crippen LogP contribution in [0.5, 0.6) is 0 Å². The van der Waals surface area contributed by atoms with Gasteiger partial charge in [0, 0.05) is 36.7 Å². The third-order valence-corrected chi connectivity index (χ3v) is 8.36. The fraction of sp³-hybridized carbons (Fsp3) is 0.522. The highest BCUT2D eigenvalue weighted by atomic mass is 32.2. The molecule has 1 atom stereocenters. The molecular formula is C23H31N5O4S. The lowest BCUT2D eigenvalue weighted by molar-refractivity contribution is 0.0925. The SMILES string of the molecule is CCNC(=O)Nc1ccc(-c2nc(N3CCOC[C@@H]3CC)cc(C3(S(C)(=O)=O)CC3)n2)cc1. The molecule has 33 heavy (non-hydrogen) atoms. The number of amides is 2. The third kappa shape index (κ3) is 4.81. The Bertz CT molecular complexity index is 1120. The van der Waals surface area contributed by atoms with Crippen molar-refractivity contribution in [3.8, 4) is 11.4 Å². The predicted molar refractivity (Wildman–Crippen MR) is 128 cm³/mol. The van der Waals surface area contributed by atoms with Gasteiger partial charge in [-0.15, -0.1) is 0 Å². The molecule has 2 fully saturated rings. The van der Waals surface area contributed by atoms with Crippen molar-refractivity contribution >= 4 is 27.4 Å². The number of rotatable bonds is 7. The standard InChI is InChI=1S/C23H31N5O4S/c1-4-18-15-32-13-12-28(18)20-14-19(23(10-11-23)33(3,30)31)26-21(27-20)16-6-8-17(9-7-16)25-22(29)24-5-2/h6-9,14,18H,4-5,10-13,15H2,1-3H3,(H2,24,25,29)/t18-/m0/s1. The molecule has 1 saturated carbocycles. The van der Waals surface area contributed by atoms with E-state index in [-0.39, 0.29) is 12.1 Å². The van der Waals surface area contributed by atoms with E-state index < -0.39 is 14.6 Å². The molecule has 2 heterocycles. The van der Waals surface area contributed by atoms with Gasteiger partial charge in [0.1, 0.15) is 10.6 Å². The number of benzene rings is 1. The molecule has 1 aromatic heterocycles. The Morgan fingerprint density at radius 3 is 2.55 bits per heavy atom. The van der Waals surface area contributed by atoms with Crippen molar-refractivity contribution in [3.05, 3.63) is 36.0 Å². The number of carbonyl (C=O) groups excluding carboxylic acids is 1. The first-order valence-corrected chi connectivity index (χ1v) is 13.3. The van der Waals surface area contributed by atoms with E-state index in [9.17, 15) is 13.2 Å². The number of anilines is 2. The lowest BCUT2D eigenvalue weighted by atomic mass is 10.1. The van der Waals surface area contributed by atoms with Crippen LogP contribution in [0.25, 0.3) is 11.4 Å². The van der Waals surface area contributed by atoms with Crippen LogP contribution >= 0.6 is 0 Å². The van der Waals surface area contributed by atoms with E-state index in [4.69, 9.17) is 14.7 Å². The van der Waals surface area contributed by atoms with Crippen LogP contribution in [-0.4, -0.2) is 63.0 Å². The van der Waals surface area contributed by atoms with Crippen molar-refractivity contribution < 1.29 is 17.9 Å². The van der Waals surface area contributed by atoms with E-state index in [2.05, 4.69) is 22.5 Å². The lowest BCUT2D eigenvalue weighted by Gasteiger charge is -2.36. The van der Waals surface area contributed by atoms with E-state index in [1.807, 2.05) is 25.1 Å². The number of sulfone groups is 1. The summed E-state index contributed by atoms with van der Waals surface area (Å²) in [6.45, 7) is 6.40. The molecular weight excluding hydrogens is 442 g/mol. The number of hydrogen-bond donors (Lipinski definition) is 2. The number of ether oxygens (including phenoxy) is 1. The molecule has 1 aliphatic carbocycles. The number of urea groups is 1. The molecule has 0 spiro atoms. The minimum atomic E-state index is -3.32. The van der Waals surface area contributed by atoms with Gasteiger partial charge >= 0.3 is 6.03 Å². The first kappa shape index (κ1) is 23.4. The third-order valence-electron chi connectivity index (χ3n) is 6.32. The highest BCUT2D eigenvalue weighted by molar-refractivity contribution is 7.91. The van der Waals surface area contributed by atoms with Crippen molar-refractivity contribution in [2.24, 2.45) is 0 Å². The molecule has 0 radical (unpaired) electrons. The molecule has 0 bridgehead atoms. The molecule has 10 heteroatoms. The Balaban J connectivity index is 1.73. The van der Waals surface area contributed by atoms with Crippen LogP contribution in [0.3, 0.4) is 0 Å². The number of hydrogen-bond acceptors (Lipinski definition) is 7. The topological polar surface area (TPSA) is 114 Å². The maximum Gasteiger partial charge on any atom is 0.319 e. The summed E-state index contributed by atoms with van der Waals surface area (Å²) in [5.74, 6) is 1.20. The molecule has 2 amide bonds. The number of nitrogens with one attached hydrogen (secondary N) is 2. The number of aromatic nitrogens is 2. The smallest absolute Gasteiger partial charge is 0.319 e. The normalized spacial score (nSPS) is 19.7. The van der Waals surface area contributed by atoms with Gasteiger partial charge in [0.05, 0.1) is 24.9 Å². The number of nitrogens with zero attached hydrogens (tertiary/aromatic N) is 3. The quantitative estimate of drug-likeness (QED) is 0.636. The Morgan fingerprint density at radius 1 is 1.21 bits per heavy atom. The van der Waals surface area contributed by atoms with Gasteiger partial charge in [0.2, 0.25) is 0 Å². The summed E-state index contributed by atoms with van der Waals surface area (Å²) < 4.78 is 30.0. The van der Waals surface area contributed by atoms with Crippen LogP contribution < -0.4 is 15.5 Å². The van der Waals surface area contributed by atoms with Crippen LogP contribution in [0, 0.1) is 0 Å². The summed E-state index contributed by atoms with van der Waals surface area (Å²) in [4.78, 5) is 23.5. The van der Waals surface area contributed by atoms with Crippen LogP contribution in [0.15, 0.2) is 30.3 Å². The second-order valence-electron chi connectivity index (χ2n) is 8.59. The maximum atomic E-state index is 12.6. The predicted octanol–water partition coefficient (Wildman–Crippen LogP) is 2.93. The molecule has 1 aromatic carbocycles. The van der Waals surface area contributed by atoms with Crippen molar-refractivity contribution in [3.63, 3.8) is 0 Å². The summed E-state index contributed by atoms with van der Waals surface area (Å²) in [5, 5.41) is 5.46. The highest BCUT2D eigenvalue weighted by Gasteiger charge is 2.55. The lowest BCUT2D eigenvalue weighted by Crippen LogP contribution is -2.45. The number of carbonyl (C=O) groups is 1. The van der Waals surface area contributed by atoms with Crippen molar-refractivity contribution in [2.45, 2.75) is 43.9 Å². The second-order valence-corrected chi connectivity index (χ2v) is 10.9. The molecule has 9 nitrogen and oxygen atoms in total. The fourth-order valence-corrected chi connectivity index (χ4v) is 5.54. The Labute approximate surface area is 194 Å². The van der Waals surface area contributed by atoms with Crippen LogP contribution in [0.1, 0.15) is 38.8 Å². The Hall–Kier alpha value is -2.72. The van der Waals surface area contributed by atoms with E-state index in [1.165, 1.54) is 6.26 Å². The summed E-state index contributed by atoms with van der Waals surface area (Å²) in [7, 11) is -3.32. The molecule has 178 valence electrons. The van der Waals surface area contributed by atoms with Crippen LogP contribution in [0.2, 0.25) is 0 Å². The molecule has 2 aliphatic rings. The van der Waals surface area contributed by atoms with Gasteiger partial charge in [0.25, 0.3) is 0 Å². The van der Waals surface area contributed by atoms with Gasteiger partial charge in [-0.1, -0.05) is 6.92 Å². The summed E-state index contributed by atoms with van der Waals surface area (Å²) in [5.41, 5.74) is 1.95. The second kappa shape index (κ2) is 9.26. The Morgan fingerprint density at radius 2 is 1.94 bits per heavy atom. The average molecular weight is 474 g/mol. The van der Waals surface area contributed by atoms with Crippen molar-refractivity contribution in [1.82, 2.24) is 15.3 Å². The largest absolute Gasteiger partial charge is 0.377 e. The molecule has 1 aliphatic heterocycles. The average Bonchev–Trinajstić information content (AvgIpc) is 3.62. The van der Waals surface area contributed by atoms with E-state index in [1.54, 1.807) is 12.1 Å². The van der Waals surface area contributed by atoms with E-state index >= 15 is 0 Å². The van der Waals surface area contributed by atoms with Crippen molar-refractivity contribution in [1.29, 1.82) is 0 Å². The molecule has 2 aromatic rings. The summed E-state index contributed by atoms with van der Waals surface area (Å²) in [6, 6.07) is 8.98. The van der Waals surface area contributed by atoms with E-state index in [0.29, 0.717) is 56.4 Å². The van der Waals surface area contributed by atoms with Gasteiger partial charge in [-0.2, -0.15) is 0 Å². The molecule has 0 unspecified atom stereocenters. The van der Waals surface area contributed by atoms with Crippen molar-refractivity contribution in [2.75, 3.05) is 42.8 Å². The maximum absolute atomic E-state index is 12.6. The van der Waals surface area contributed by atoms with Gasteiger partial charge in [0.15, 0.2) is 15.7 Å². The van der Waals surface area contributed by atoms with Gasteiger partial charge < -0.3 is 20.3 Å². The van der Waals surface area contributed by atoms with Crippen LogP contribution in [-0.2, 0) is 19.3 Å². The molecule has 1 saturated heterocycles. The molecule has 4 rings (SSSR count). The zero-order valence-corrected chi connectivity index (χ0v) is 20.1. The van der Waals surface area contributed by atoms with Gasteiger partial charge in [-0.3, -0.25) is 0 Å². The number of morpholine rings is 1. The zero-order chi connectivity index (χ0) is 23.6. The molecule has 2 N–H and O–H groups in total. The monoisotopic (exact) mass is 473 g/mol.